The first-order valence-corrected chi connectivity index (χ1v) is 11.8. The van der Waals surface area contributed by atoms with E-state index >= 15 is 0 Å². The van der Waals surface area contributed by atoms with Crippen LogP contribution in [0.15, 0.2) is 53.9 Å². The summed E-state index contributed by atoms with van der Waals surface area (Å²) < 4.78 is 9.86. The maximum Gasteiger partial charge on any atom is 0.338 e. The number of anilines is 1. The van der Waals surface area contributed by atoms with Crippen LogP contribution in [0.1, 0.15) is 44.9 Å². The highest BCUT2D eigenvalue weighted by Crippen LogP contribution is 2.26. The van der Waals surface area contributed by atoms with Crippen molar-refractivity contribution in [2.24, 2.45) is 0 Å². The number of thiazole rings is 1. The monoisotopic (exact) mass is 518 g/mol. The van der Waals surface area contributed by atoms with E-state index in [2.05, 4.69) is 20.9 Å². The standard InChI is InChI=1S/C12H12N2O2S.C11H11BrO3/c1-2-16-11(15)9-6-4-3-5-8(9)10-7-17-12(13)14-10;1-2-15-11(14)9-6-4-3-5-8(9)10(13)7-12/h3-7H,2H2,1H3,(H2,13,14);3-6H,2,7H2,1H3. The number of nitrogen functional groups attached to an aromatic ring is 1. The number of halogens is 1. The van der Waals surface area contributed by atoms with E-state index in [1.807, 2.05) is 17.5 Å². The molecule has 1 aromatic heterocycles. The van der Waals surface area contributed by atoms with Crippen molar-refractivity contribution in [3.63, 3.8) is 0 Å². The third-order valence-corrected chi connectivity index (χ3v) is 5.25. The SMILES string of the molecule is CCOC(=O)c1ccccc1-c1csc(N)n1.CCOC(=O)c1ccccc1C(=O)CBr. The van der Waals surface area contributed by atoms with Gasteiger partial charge in [-0.1, -0.05) is 52.3 Å². The number of carbonyl (C=O) groups is 3. The molecule has 0 amide bonds. The van der Waals surface area contributed by atoms with E-state index in [-0.39, 0.29) is 17.1 Å². The molecule has 3 aromatic rings. The summed E-state index contributed by atoms with van der Waals surface area (Å²) in [6.07, 6.45) is 0. The van der Waals surface area contributed by atoms with Crippen LogP contribution in [-0.4, -0.2) is 41.2 Å². The summed E-state index contributed by atoms with van der Waals surface area (Å²) in [4.78, 5) is 38.9. The Bertz CT molecular complexity index is 1080. The number of rotatable bonds is 7. The van der Waals surface area contributed by atoms with Gasteiger partial charge in [0.05, 0.1) is 35.4 Å². The predicted molar refractivity (Wildman–Crippen MR) is 128 cm³/mol. The third kappa shape index (κ3) is 6.73. The fourth-order valence-corrected chi connectivity index (χ4v) is 3.55. The molecule has 0 aliphatic rings. The van der Waals surface area contributed by atoms with Crippen LogP contribution in [0.3, 0.4) is 0 Å². The van der Waals surface area contributed by atoms with Gasteiger partial charge in [-0.15, -0.1) is 11.3 Å². The number of hydrogen-bond donors (Lipinski definition) is 1. The molecule has 0 saturated carbocycles. The van der Waals surface area contributed by atoms with Gasteiger partial charge < -0.3 is 15.2 Å². The van der Waals surface area contributed by atoms with Gasteiger partial charge in [0, 0.05) is 16.5 Å². The van der Waals surface area contributed by atoms with Crippen LogP contribution in [0.25, 0.3) is 11.3 Å². The minimum Gasteiger partial charge on any atom is -0.462 e. The van der Waals surface area contributed by atoms with E-state index in [1.54, 1.807) is 50.2 Å². The van der Waals surface area contributed by atoms with Crippen molar-refractivity contribution in [2.45, 2.75) is 13.8 Å². The molecule has 168 valence electrons. The molecule has 0 fully saturated rings. The molecule has 0 aliphatic carbocycles. The number of nitrogens with zero attached hydrogens (tertiary/aromatic N) is 1. The Balaban J connectivity index is 0.000000229. The summed E-state index contributed by atoms with van der Waals surface area (Å²) in [7, 11) is 0. The van der Waals surface area contributed by atoms with Crippen LogP contribution in [0.2, 0.25) is 0 Å². The molecule has 1 heterocycles. The van der Waals surface area contributed by atoms with E-state index in [1.165, 1.54) is 11.3 Å². The van der Waals surface area contributed by atoms with E-state index in [0.717, 1.165) is 5.56 Å². The fraction of sp³-hybridized carbons (Fsp3) is 0.217. The van der Waals surface area contributed by atoms with Crippen LogP contribution in [-0.2, 0) is 9.47 Å². The van der Waals surface area contributed by atoms with Crippen LogP contribution < -0.4 is 5.73 Å². The van der Waals surface area contributed by atoms with Gasteiger partial charge >= 0.3 is 11.9 Å². The van der Waals surface area contributed by atoms with Crippen molar-refractivity contribution < 1.29 is 23.9 Å². The second-order valence-corrected chi connectivity index (χ2v) is 7.61. The zero-order valence-electron chi connectivity index (χ0n) is 17.7. The molecule has 0 atom stereocenters. The number of Topliss-reactive ketones (excluding diaryl/α,β-unsaturated/α-hetero) is 1. The smallest absolute Gasteiger partial charge is 0.338 e. The molecule has 0 radical (unpaired) electrons. The number of alkyl halides is 1. The Morgan fingerprint density at radius 1 is 0.906 bits per heavy atom. The molecular weight excluding hydrogens is 496 g/mol. The number of carbonyl (C=O) groups excluding carboxylic acids is 3. The lowest BCUT2D eigenvalue weighted by molar-refractivity contribution is 0.0516. The molecule has 7 nitrogen and oxygen atoms in total. The van der Waals surface area contributed by atoms with Gasteiger partial charge in [0.1, 0.15) is 0 Å². The van der Waals surface area contributed by atoms with Crippen LogP contribution in [0.4, 0.5) is 5.13 Å². The van der Waals surface area contributed by atoms with Crippen molar-refractivity contribution in [1.82, 2.24) is 4.98 Å². The van der Waals surface area contributed by atoms with Crippen molar-refractivity contribution in [3.8, 4) is 11.3 Å². The highest BCUT2D eigenvalue weighted by atomic mass is 79.9. The van der Waals surface area contributed by atoms with E-state index in [0.29, 0.717) is 40.7 Å². The predicted octanol–water partition coefficient (Wildman–Crippen LogP) is 5.01. The van der Waals surface area contributed by atoms with Crippen LogP contribution in [0.5, 0.6) is 0 Å². The average molecular weight is 519 g/mol. The van der Waals surface area contributed by atoms with E-state index < -0.39 is 5.97 Å². The third-order valence-electron chi connectivity index (χ3n) is 4.06. The van der Waals surface area contributed by atoms with Crippen molar-refractivity contribution in [1.29, 1.82) is 0 Å². The number of ketones is 1. The molecule has 0 aliphatic heterocycles. The number of nitrogens with two attached hydrogens (primary N) is 1. The summed E-state index contributed by atoms with van der Waals surface area (Å²) in [6.45, 7) is 4.16. The normalized spacial score (nSPS) is 9.97. The molecule has 9 heteroatoms. The Kier molecular flexibility index (Phi) is 10.0. The van der Waals surface area contributed by atoms with Gasteiger partial charge in [-0.2, -0.15) is 0 Å². The maximum absolute atomic E-state index is 11.8. The summed E-state index contributed by atoms with van der Waals surface area (Å²) in [5.41, 5.74) is 8.28. The van der Waals surface area contributed by atoms with Crippen molar-refractivity contribution in [2.75, 3.05) is 24.3 Å². The number of aromatic nitrogens is 1. The molecule has 2 N–H and O–H groups in total. The second kappa shape index (κ2) is 12.7. The summed E-state index contributed by atoms with van der Waals surface area (Å²) in [6, 6.07) is 13.8. The Morgan fingerprint density at radius 3 is 1.97 bits per heavy atom. The molecule has 0 unspecified atom stereocenters. The van der Waals surface area contributed by atoms with E-state index in [4.69, 9.17) is 15.2 Å². The van der Waals surface area contributed by atoms with Crippen LogP contribution in [0, 0.1) is 0 Å². The zero-order chi connectivity index (χ0) is 23.5. The lowest BCUT2D eigenvalue weighted by atomic mass is 10.0. The van der Waals surface area contributed by atoms with E-state index in [9.17, 15) is 14.4 Å². The van der Waals surface area contributed by atoms with Crippen molar-refractivity contribution in [3.05, 3.63) is 70.6 Å². The Morgan fingerprint density at radius 2 is 1.44 bits per heavy atom. The average Bonchev–Trinajstić information content (AvgIpc) is 3.25. The number of benzene rings is 2. The lowest BCUT2D eigenvalue weighted by Gasteiger charge is -2.06. The molecule has 0 spiro atoms. The Hall–Kier alpha value is -3.04. The summed E-state index contributed by atoms with van der Waals surface area (Å²) >= 11 is 4.42. The van der Waals surface area contributed by atoms with Gasteiger partial charge in [-0.05, 0) is 26.0 Å². The first kappa shape index (κ1) is 25.2. The topological polar surface area (TPSA) is 109 Å². The summed E-state index contributed by atoms with van der Waals surface area (Å²) in [5, 5.41) is 2.51. The number of esters is 2. The van der Waals surface area contributed by atoms with Crippen molar-refractivity contribution >= 4 is 50.1 Å². The van der Waals surface area contributed by atoms with Gasteiger partial charge in [-0.3, -0.25) is 4.79 Å². The van der Waals surface area contributed by atoms with Gasteiger partial charge in [0.25, 0.3) is 0 Å². The first-order valence-electron chi connectivity index (χ1n) is 9.75. The van der Waals surface area contributed by atoms with Gasteiger partial charge in [-0.25, -0.2) is 14.6 Å². The number of hydrogen-bond acceptors (Lipinski definition) is 8. The largest absolute Gasteiger partial charge is 0.462 e. The molecular formula is C23H23BrN2O5S. The minimum atomic E-state index is -0.456. The highest BCUT2D eigenvalue weighted by Gasteiger charge is 2.16. The zero-order valence-corrected chi connectivity index (χ0v) is 20.1. The second-order valence-electron chi connectivity index (χ2n) is 6.16. The van der Waals surface area contributed by atoms with Crippen LogP contribution >= 0.6 is 27.3 Å². The first-order chi connectivity index (χ1) is 15.4. The van der Waals surface area contributed by atoms with Gasteiger partial charge in [0.15, 0.2) is 10.9 Å². The number of ether oxygens (including phenoxy) is 2. The molecule has 32 heavy (non-hydrogen) atoms. The molecule has 3 rings (SSSR count). The molecule has 2 aromatic carbocycles. The fourth-order valence-electron chi connectivity index (χ4n) is 2.69. The Labute approximate surface area is 198 Å². The molecule has 0 saturated heterocycles. The quantitative estimate of drug-likeness (QED) is 0.266. The lowest BCUT2D eigenvalue weighted by Crippen LogP contribution is -2.12. The minimum absolute atomic E-state index is 0.126. The maximum atomic E-state index is 11.8. The molecule has 0 bridgehead atoms. The van der Waals surface area contributed by atoms with Gasteiger partial charge in [0.2, 0.25) is 0 Å². The highest BCUT2D eigenvalue weighted by molar-refractivity contribution is 9.09. The summed E-state index contributed by atoms with van der Waals surface area (Å²) in [5.74, 6) is -0.921.